The lowest BCUT2D eigenvalue weighted by Gasteiger charge is -2.01. The molecule has 152 valence electrons. The second kappa shape index (κ2) is 8.41. The maximum atomic E-state index is 6.08. The van der Waals surface area contributed by atoms with Crippen LogP contribution in [-0.4, -0.2) is 23.0 Å². The first-order valence-electron chi connectivity index (χ1n) is 9.63. The van der Waals surface area contributed by atoms with Crippen LogP contribution in [0.25, 0.3) is 22.4 Å². The molecular formula is C24H18N4O2S. The van der Waals surface area contributed by atoms with Crippen LogP contribution in [0.2, 0.25) is 0 Å². The Morgan fingerprint density at radius 1 is 1.03 bits per heavy atom. The first-order chi connectivity index (χ1) is 15.3. The van der Waals surface area contributed by atoms with Gasteiger partial charge in [-0.3, -0.25) is 4.98 Å². The van der Waals surface area contributed by atoms with E-state index >= 15 is 0 Å². The van der Waals surface area contributed by atoms with E-state index < -0.39 is 0 Å². The summed E-state index contributed by atoms with van der Waals surface area (Å²) in [7, 11) is 1.65. The molecule has 0 radical (unpaired) electrons. The van der Waals surface area contributed by atoms with Crippen molar-refractivity contribution in [2.75, 3.05) is 7.11 Å². The van der Waals surface area contributed by atoms with Gasteiger partial charge in [0.1, 0.15) is 17.0 Å². The quantitative estimate of drug-likeness (QED) is 0.350. The number of thiazole rings is 1. The Bertz CT molecular complexity index is 1380. The smallest absolute Gasteiger partial charge is 0.211 e. The minimum Gasteiger partial charge on any atom is -0.497 e. The number of pyridine rings is 1. The largest absolute Gasteiger partial charge is 0.497 e. The number of ether oxygens (including phenoxy) is 1. The molecule has 0 saturated carbocycles. The molecule has 31 heavy (non-hydrogen) atoms. The summed E-state index contributed by atoms with van der Waals surface area (Å²) in [5.41, 5.74) is 3.42. The predicted molar refractivity (Wildman–Crippen MR) is 123 cm³/mol. The molecule has 0 N–H and O–H groups in total. The average molecular weight is 427 g/mol. The van der Waals surface area contributed by atoms with Crippen LogP contribution >= 0.6 is 11.3 Å². The number of para-hydroxylation sites is 1. The van der Waals surface area contributed by atoms with Crippen LogP contribution in [0.3, 0.4) is 0 Å². The van der Waals surface area contributed by atoms with Crippen molar-refractivity contribution in [3.8, 4) is 17.2 Å². The number of aromatic nitrogens is 2. The highest BCUT2D eigenvalue weighted by Crippen LogP contribution is 2.28. The Morgan fingerprint density at radius 2 is 1.84 bits per heavy atom. The highest BCUT2D eigenvalue weighted by atomic mass is 32.1. The van der Waals surface area contributed by atoms with Crippen molar-refractivity contribution >= 4 is 34.2 Å². The van der Waals surface area contributed by atoms with E-state index in [1.54, 1.807) is 30.4 Å². The van der Waals surface area contributed by atoms with Gasteiger partial charge in [0.05, 0.1) is 19.0 Å². The molecule has 7 heteroatoms. The Balaban J connectivity index is 1.63. The number of rotatable bonds is 5. The van der Waals surface area contributed by atoms with E-state index in [-0.39, 0.29) is 0 Å². The number of furan rings is 1. The van der Waals surface area contributed by atoms with E-state index in [1.165, 1.54) is 11.3 Å². The molecule has 0 aliphatic carbocycles. The summed E-state index contributed by atoms with van der Waals surface area (Å²) in [6, 6.07) is 21.4. The minimum absolute atomic E-state index is 0.728. The van der Waals surface area contributed by atoms with Crippen molar-refractivity contribution in [2.24, 2.45) is 10.1 Å². The van der Waals surface area contributed by atoms with E-state index in [1.807, 2.05) is 72.1 Å². The van der Waals surface area contributed by atoms with Crippen molar-refractivity contribution in [1.82, 2.24) is 9.66 Å². The molecule has 5 aromatic rings. The van der Waals surface area contributed by atoms with Crippen LogP contribution in [0.15, 0.2) is 99.0 Å². The van der Waals surface area contributed by atoms with E-state index in [0.29, 0.717) is 0 Å². The van der Waals surface area contributed by atoms with Crippen molar-refractivity contribution in [2.45, 2.75) is 0 Å². The lowest BCUT2D eigenvalue weighted by Crippen LogP contribution is -2.11. The SMILES string of the molecule is COc1ccc(N=c2scc(-c3cc4ccccc4o3)n2N=Cc2ccncc2)cc1. The van der Waals surface area contributed by atoms with E-state index in [0.717, 1.165) is 44.2 Å². The fourth-order valence-electron chi connectivity index (χ4n) is 3.11. The Kier molecular flexibility index (Phi) is 5.16. The third-order valence-electron chi connectivity index (χ3n) is 4.69. The molecule has 0 amide bonds. The second-order valence-corrected chi connectivity index (χ2v) is 7.54. The average Bonchev–Trinajstić information content (AvgIpc) is 3.42. The summed E-state index contributed by atoms with van der Waals surface area (Å²) in [5.74, 6) is 1.53. The Hall–Kier alpha value is -3.97. The van der Waals surface area contributed by atoms with Crippen molar-refractivity contribution < 1.29 is 9.15 Å². The molecule has 3 heterocycles. The van der Waals surface area contributed by atoms with Gasteiger partial charge in [0.25, 0.3) is 0 Å². The van der Waals surface area contributed by atoms with E-state index in [2.05, 4.69) is 4.98 Å². The maximum absolute atomic E-state index is 6.08. The van der Waals surface area contributed by atoms with Gasteiger partial charge in [-0.2, -0.15) is 5.10 Å². The van der Waals surface area contributed by atoms with Crippen LogP contribution in [0, 0.1) is 0 Å². The minimum atomic E-state index is 0.728. The van der Waals surface area contributed by atoms with E-state index in [4.69, 9.17) is 19.2 Å². The molecule has 5 rings (SSSR count). The second-order valence-electron chi connectivity index (χ2n) is 6.70. The summed E-state index contributed by atoms with van der Waals surface area (Å²) in [6.45, 7) is 0. The fraction of sp³-hybridized carbons (Fsp3) is 0.0417. The highest BCUT2D eigenvalue weighted by Gasteiger charge is 2.13. The topological polar surface area (TPSA) is 64.9 Å². The summed E-state index contributed by atoms with van der Waals surface area (Å²) < 4.78 is 13.1. The molecule has 6 nitrogen and oxygen atoms in total. The zero-order valence-electron chi connectivity index (χ0n) is 16.7. The summed E-state index contributed by atoms with van der Waals surface area (Å²) >= 11 is 1.50. The van der Waals surface area contributed by atoms with Crippen LogP contribution in [-0.2, 0) is 0 Å². The molecule has 0 bridgehead atoms. The zero-order chi connectivity index (χ0) is 21.0. The summed E-state index contributed by atoms with van der Waals surface area (Å²) in [5, 5.41) is 7.76. The van der Waals surface area contributed by atoms with Gasteiger partial charge in [-0.05, 0) is 54.1 Å². The standard InChI is InChI=1S/C24H18N4O2S/c1-29-20-8-6-19(7-9-20)27-24-28(26-15-17-10-12-25-13-11-17)21(16-31-24)23-14-18-4-2-3-5-22(18)30-23/h2-16H,1H3. The van der Waals surface area contributed by atoms with Crippen LogP contribution in [0.1, 0.15) is 5.56 Å². The van der Waals surface area contributed by atoms with Gasteiger partial charge < -0.3 is 9.15 Å². The number of fused-ring (bicyclic) bond motifs is 1. The predicted octanol–water partition coefficient (Wildman–Crippen LogP) is 5.48. The molecule has 0 spiro atoms. The Morgan fingerprint density at radius 3 is 2.61 bits per heavy atom. The van der Waals surface area contributed by atoms with Gasteiger partial charge >= 0.3 is 0 Å². The van der Waals surface area contributed by atoms with Crippen LogP contribution in [0.4, 0.5) is 5.69 Å². The molecule has 0 saturated heterocycles. The van der Waals surface area contributed by atoms with Crippen LogP contribution in [0.5, 0.6) is 5.75 Å². The van der Waals surface area contributed by atoms with Crippen molar-refractivity contribution in [1.29, 1.82) is 0 Å². The van der Waals surface area contributed by atoms with Gasteiger partial charge in [0, 0.05) is 23.2 Å². The first kappa shape index (κ1) is 19.0. The third-order valence-corrected chi connectivity index (χ3v) is 5.51. The normalized spacial score (nSPS) is 12.1. The van der Waals surface area contributed by atoms with Gasteiger partial charge in [-0.15, -0.1) is 11.3 Å². The zero-order valence-corrected chi connectivity index (χ0v) is 17.5. The van der Waals surface area contributed by atoms with Gasteiger partial charge in [-0.1, -0.05) is 18.2 Å². The van der Waals surface area contributed by atoms with Crippen molar-refractivity contribution in [3.05, 3.63) is 94.9 Å². The molecular weight excluding hydrogens is 408 g/mol. The highest BCUT2D eigenvalue weighted by molar-refractivity contribution is 7.07. The fourth-order valence-corrected chi connectivity index (χ4v) is 3.94. The number of hydrogen-bond donors (Lipinski definition) is 0. The third kappa shape index (κ3) is 4.04. The lowest BCUT2D eigenvalue weighted by molar-refractivity contribution is 0.415. The molecule has 3 aromatic heterocycles. The summed E-state index contributed by atoms with van der Waals surface area (Å²) in [6.07, 6.45) is 5.26. The van der Waals surface area contributed by atoms with Crippen molar-refractivity contribution in [3.63, 3.8) is 0 Å². The molecule has 0 aliphatic rings. The number of benzene rings is 2. The molecule has 0 atom stereocenters. The molecule has 2 aromatic carbocycles. The Labute approximate surface area is 182 Å². The maximum Gasteiger partial charge on any atom is 0.211 e. The number of methoxy groups -OCH3 is 1. The monoisotopic (exact) mass is 426 g/mol. The van der Waals surface area contributed by atoms with Gasteiger partial charge in [0.15, 0.2) is 5.76 Å². The first-order valence-corrected chi connectivity index (χ1v) is 10.5. The molecule has 0 aliphatic heterocycles. The number of nitrogens with zero attached hydrogens (tertiary/aromatic N) is 4. The van der Waals surface area contributed by atoms with Crippen LogP contribution < -0.4 is 9.54 Å². The van der Waals surface area contributed by atoms with Gasteiger partial charge in [-0.25, -0.2) is 9.67 Å². The summed E-state index contributed by atoms with van der Waals surface area (Å²) in [4.78, 5) is 9.57. The number of hydrogen-bond acceptors (Lipinski definition) is 6. The van der Waals surface area contributed by atoms with E-state index in [9.17, 15) is 0 Å². The molecule has 0 unspecified atom stereocenters. The molecule has 0 fully saturated rings. The lowest BCUT2D eigenvalue weighted by atomic mass is 10.2. The van der Waals surface area contributed by atoms with Gasteiger partial charge in [0.2, 0.25) is 4.80 Å².